The van der Waals surface area contributed by atoms with Gasteiger partial charge in [0.1, 0.15) is 17.7 Å². The summed E-state index contributed by atoms with van der Waals surface area (Å²) in [6.45, 7) is 13.2. The fourth-order valence-electron chi connectivity index (χ4n) is 2.80. The van der Waals surface area contributed by atoms with Crippen LogP contribution in [0.15, 0.2) is 0 Å². The number of rotatable bonds is 3. The van der Waals surface area contributed by atoms with Gasteiger partial charge in [-0.15, -0.1) is 0 Å². The third-order valence-electron chi connectivity index (χ3n) is 3.90. The Hall–Kier alpha value is -1.79. The number of nitrogens with zero attached hydrogens (tertiary/aromatic N) is 1. The van der Waals surface area contributed by atoms with Crippen LogP contribution in [-0.4, -0.2) is 47.0 Å². The SMILES string of the molecule is C[C@H]1C[C@@H](C(N)=O)N(C(=O)[C@@H](NC(=O)OC(C)(C)C)C(C)(C)C)C1. The smallest absolute Gasteiger partial charge is 0.408 e. The fourth-order valence-corrected chi connectivity index (χ4v) is 2.80. The summed E-state index contributed by atoms with van der Waals surface area (Å²) >= 11 is 0. The summed E-state index contributed by atoms with van der Waals surface area (Å²) in [5.74, 6) is -0.632. The molecular formula is C17H31N3O4. The number of nitrogens with one attached hydrogen (secondary N) is 1. The maximum absolute atomic E-state index is 13.0. The number of nitrogens with two attached hydrogens (primary N) is 1. The van der Waals surface area contributed by atoms with Crippen molar-refractivity contribution in [1.29, 1.82) is 0 Å². The van der Waals surface area contributed by atoms with Crippen molar-refractivity contribution in [3.8, 4) is 0 Å². The Morgan fingerprint density at radius 1 is 1.17 bits per heavy atom. The molecule has 24 heavy (non-hydrogen) atoms. The van der Waals surface area contributed by atoms with E-state index < -0.39 is 35.1 Å². The van der Waals surface area contributed by atoms with Gasteiger partial charge in [0.25, 0.3) is 0 Å². The van der Waals surface area contributed by atoms with Crippen molar-refractivity contribution < 1.29 is 19.1 Å². The molecule has 3 atom stereocenters. The van der Waals surface area contributed by atoms with Gasteiger partial charge in [0.2, 0.25) is 11.8 Å². The van der Waals surface area contributed by atoms with E-state index in [-0.39, 0.29) is 11.8 Å². The summed E-state index contributed by atoms with van der Waals surface area (Å²) in [7, 11) is 0. The lowest BCUT2D eigenvalue weighted by Gasteiger charge is -2.35. The lowest BCUT2D eigenvalue weighted by atomic mass is 9.85. The maximum atomic E-state index is 13.0. The Morgan fingerprint density at radius 2 is 1.71 bits per heavy atom. The molecule has 1 heterocycles. The molecule has 1 rings (SSSR count). The minimum Gasteiger partial charge on any atom is -0.444 e. The lowest BCUT2D eigenvalue weighted by Crippen LogP contribution is -2.57. The van der Waals surface area contributed by atoms with Gasteiger partial charge in [-0.3, -0.25) is 9.59 Å². The fraction of sp³-hybridized carbons (Fsp3) is 0.824. The van der Waals surface area contributed by atoms with Gasteiger partial charge in [-0.1, -0.05) is 27.7 Å². The molecule has 0 spiro atoms. The van der Waals surface area contributed by atoms with E-state index in [1.54, 1.807) is 20.8 Å². The molecule has 1 aliphatic heterocycles. The van der Waals surface area contributed by atoms with Gasteiger partial charge >= 0.3 is 6.09 Å². The molecule has 3 amide bonds. The van der Waals surface area contributed by atoms with Crippen molar-refractivity contribution in [2.75, 3.05) is 6.54 Å². The van der Waals surface area contributed by atoms with Crippen LogP contribution in [0, 0.1) is 11.3 Å². The molecular weight excluding hydrogens is 310 g/mol. The van der Waals surface area contributed by atoms with E-state index in [9.17, 15) is 14.4 Å². The quantitative estimate of drug-likeness (QED) is 0.815. The Bertz CT molecular complexity index is 505. The van der Waals surface area contributed by atoms with Crippen molar-refractivity contribution in [3.63, 3.8) is 0 Å². The van der Waals surface area contributed by atoms with Crippen LogP contribution in [0.1, 0.15) is 54.9 Å². The molecule has 0 bridgehead atoms. The lowest BCUT2D eigenvalue weighted by molar-refractivity contribution is -0.141. The second-order valence-corrected chi connectivity index (χ2v) is 8.69. The second kappa shape index (κ2) is 6.99. The summed E-state index contributed by atoms with van der Waals surface area (Å²) in [6, 6.07) is -1.43. The van der Waals surface area contributed by atoms with Gasteiger partial charge < -0.3 is 20.7 Å². The van der Waals surface area contributed by atoms with E-state index in [1.807, 2.05) is 27.7 Å². The van der Waals surface area contributed by atoms with E-state index in [4.69, 9.17) is 10.5 Å². The molecule has 0 unspecified atom stereocenters. The van der Waals surface area contributed by atoms with Crippen LogP contribution >= 0.6 is 0 Å². The molecule has 0 aromatic carbocycles. The van der Waals surface area contributed by atoms with E-state index in [0.29, 0.717) is 13.0 Å². The Balaban J connectivity index is 2.98. The number of carbonyl (C=O) groups excluding carboxylic acids is 3. The monoisotopic (exact) mass is 341 g/mol. The first kappa shape index (κ1) is 20.3. The van der Waals surface area contributed by atoms with Crippen LogP contribution in [0.3, 0.4) is 0 Å². The van der Waals surface area contributed by atoms with Gasteiger partial charge in [0.05, 0.1) is 0 Å². The third kappa shape index (κ3) is 5.39. The topological polar surface area (TPSA) is 102 Å². The molecule has 0 aromatic heterocycles. The largest absolute Gasteiger partial charge is 0.444 e. The molecule has 0 radical (unpaired) electrons. The number of amides is 3. The Kier molecular flexibility index (Phi) is 5.90. The number of alkyl carbamates (subject to hydrolysis) is 1. The number of carbonyl (C=O) groups is 3. The third-order valence-corrected chi connectivity index (χ3v) is 3.90. The van der Waals surface area contributed by atoms with E-state index >= 15 is 0 Å². The van der Waals surface area contributed by atoms with Crippen LogP contribution in [0.5, 0.6) is 0 Å². The summed E-state index contributed by atoms with van der Waals surface area (Å²) < 4.78 is 5.26. The van der Waals surface area contributed by atoms with Crippen LogP contribution < -0.4 is 11.1 Å². The van der Waals surface area contributed by atoms with E-state index in [0.717, 1.165) is 0 Å². The highest BCUT2D eigenvalue weighted by atomic mass is 16.6. The first-order valence-corrected chi connectivity index (χ1v) is 8.31. The van der Waals surface area contributed by atoms with Gasteiger partial charge in [0, 0.05) is 6.54 Å². The number of hydrogen-bond acceptors (Lipinski definition) is 4. The predicted molar refractivity (Wildman–Crippen MR) is 91.1 cm³/mol. The number of likely N-dealkylation sites (tertiary alicyclic amines) is 1. The first-order chi connectivity index (χ1) is 10.7. The molecule has 7 nitrogen and oxygen atoms in total. The highest BCUT2D eigenvalue weighted by Gasteiger charge is 2.43. The Morgan fingerprint density at radius 3 is 2.12 bits per heavy atom. The van der Waals surface area contributed by atoms with Crippen LogP contribution in [-0.2, 0) is 14.3 Å². The van der Waals surface area contributed by atoms with Crippen molar-refractivity contribution in [1.82, 2.24) is 10.2 Å². The normalized spacial score (nSPS) is 22.9. The Labute approximate surface area is 144 Å². The zero-order chi connectivity index (χ0) is 18.9. The summed E-state index contributed by atoms with van der Waals surface area (Å²) in [5, 5.41) is 2.66. The van der Waals surface area contributed by atoms with Crippen molar-refractivity contribution in [2.45, 2.75) is 72.6 Å². The molecule has 3 N–H and O–H groups in total. The minimum atomic E-state index is -0.806. The average molecular weight is 341 g/mol. The summed E-state index contributed by atoms with van der Waals surface area (Å²) in [6.07, 6.45) is -0.108. The van der Waals surface area contributed by atoms with Crippen molar-refractivity contribution in [2.24, 2.45) is 17.1 Å². The zero-order valence-corrected chi connectivity index (χ0v) is 15.8. The van der Waals surface area contributed by atoms with Gasteiger partial charge in [-0.2, -0.15) is 0 Å². The van der Waals surface area contributed by atoms with Crippen molar-refractivity contribution in [3.05, 3.63) is 0 Å². The van der Waals surface area contributed by atoms with E-state index in [1.165, 1.54) is 4.90 Å². The molecule has 0 saturated carbocycles. The zero-order valence-electron chi connectivity index (χ0n) is 15.8. The van der Waals surface area contributed by atoms with Crippen LogP contribution in [0.25, 0.3) is 0 Å². The summed E-state index contributed by atoms with van der Waals surface area (Å²) in [5.41, 5.74) is 4.24. The molecule has 1 fully saturated rings. The van der Waals surface area contributed by atoms with Crippen LogP contribution in [0.4, 0.5) is 4.79 Å². The van der Waals surface area contributed by atoms with Gasteiger partial charge in [-0.25, -0.2) is 4.79 Å². The number of primary amides is 1. The minimum absolute atomic E-state index is 0.189. The van der Waals surface area contributed by atoms with Gasteiger partial charge in [0.15, 0.2) is 0 Å². The van der Waals surface area contributed by atoms with Crippen LogP contribution in [0.2, 0.25) is 0 Å². The average Bonchev–Trinajstić information content (AvgIpc) is 2.74. The standard InChI is InChI=1S/C17H31N3O4/c1-10-8-11(13(18)21)20(9-10)14(22)12(16(2,3)4)19-15(23)24-17(5,6)7/h10-12H,8-9H2,1-7H3,(H2,18,21)(H,19,23)/t10-,11-,12+/m0/s1. The highest BCUT2D eigenvalue weighted by molar-refractivity contribution is 5.91. The molecule has 1 aliphatic rings. The van der Waals surface area contributed by atoms with Crippen molar-refractivity contribution >= 4 is 17.9 Å². The van der Waals surface area contributed by atoms with Gasteiger partial charge in [-0.05, 0) is 38.5 Å². The molecule has 138 valence electrons. The first-order valence-electron chi connectivity index (χ1n) is 8.31. The molecule has 0 aliphatic carbocycles. The number of hydrogen-bond donors (Lipinski definition) is 2. The summed E-state index contributed by atoms with van der Waals surface area (Å²) in [4.78, 5) is 38.3. The maximum Gasteiger partial charge on any atom is 0.408 e. The second-order valence-electron chi connectivity index (χ2n) is 8.69. The molecule has 7 heteroatoms. The highest BCUT2D eigenvalue weighted by Crippen LogP contribution is 2.28. The molecule has 1 saturated heterocycles. The predicted octanol–water partition coefficient (Wildman–Crippen LogP) is 1.65. The van der Waals surface area contributed by atoms with E-state index in [2.05, 4.69) is 5.32 Å². The number of ether oxygens (including phenoxy) is 1. The molecule has 0 aromatic rings.